The first kappa shape index (κ1) is 10.8. The Morgan fingerprint density at radius 1 is 1.50 bits per heavy atom. The van der Waals surface area contributed by atoms with Gasteiger partial charge >= 0.3 is 5.97 Å². The molecule has 5 heteroatoms. The summed E-state index contributed by atoms with van der Waals surface area (Å²) in [5.41, 5.74) is 2.32. The maximum absolute atomic E-state index is 11.5. The van der Waals surface area contributed by atoms with Gasteiger partial charge < -0.3 is 9.47 Å². The lowest BCUT2D eigenvalue weighted by Gasteiger charge is -2.19. The van der Waals surface area contributed by atoms with E-state index in [0.29, 0.717) is 18.1 Å². The Balaban J connectivity index is 2.12. The fourth-order valence-corrected chi connectivity index (χ4v) is 2.01. The number of carbonyl (C=O) groups is 1. The van der Waals surface area contributed by atoms with Crippen molar-refractivity contribution in [1.29, 1.82) is 0 Å². The fraction of sp³-hybridized carbons (Fsp3) is 0.231. The molecule has 1 aromatic carbocycles. The minimum atomic E-state index is -0.439. The lowest BCUT2D eigenvalue weighted by molar-refractivity contribution is 0.0594. The van der Waals surface area contributed by atoms with Crippen LogP contribution in [0.15, 0.2) is 24.4 Å². The highest BCUT2D eigenvalue weighted by molar-refractivity contribution is 5.87. The molecule has 92 valence electrons. The Hall–Kier alpha value is -2.30. The minimum absolute atomic E-state index is 0.296. The zero-order valence-electron chi connectivity index (χ0n) is 10.1. The van der Waals surface area contributed by atoms with Crippen molar-refractivity contribution in [2.24, 2.45) is 0 Å². The summed E-state index contributed by atoms with van der Waals surface area (Å²) in [6, 6.07) is 5.92. The molecule has 18 heavy (non-hydrogen) atoms. The molecule has 5 nitrogen and oxygen atoms in total. The molecule has 3 rings (SSSR count). The van der Waals surface area contributed by atoms with Crippen molar-refractivity contribution in [3.05, 3.63) is 41.5 Å². The second kappa shape index (κ2) is 3.87. The van der Waals surface area contributed by atoms with Crippen LogP contribution in [0.4, 0.5) is 0 Å². The molecule has 0 aliphatic carbocycles. The zero-order valence-corrected chi connectivity index (χ0v) is 10.1. The number of carbonyl (C=O) groups excluding carboxylic acids is 1. The third-order valence-electron chi connectivity index (χ3n) is 2.91. The van der Waals surface area contributed by atoms with Crippen LogP contribution in [0.25, 0.3) is 5.69 Å². The largest absolute Gasteiger partial charge is 0.483 e. The molecule has 2 heterocycles. The van der Waals surface area contributed by atoms with E-state index in [1.54, 1.807) is 6.20 Å². The number of ether oxygens (including phenoxy) is 2. The van der Waals surface area contributed by atoms with Crippen molar-refractivity contribution < 1.29 is 14.3 Å². The van der Waals surface area contributed by atoms with Crippen LogP contribution in [0, 0.1) is 6.92 Å². The molecule has 0 saturated carbocycles. The summed E-state index contributed by atoms with van der Waals surface area (Å²) >= 11 is 0. The minimum Gasteiger partial charge on any atom is -0.483 e. The molecular formula is C13H12N2O3. The molecule has 0 unspecified atom stereocenters. The number of methoxy groups -OCH3 is 1. The number of fused-ring (bicyclic) bond motifs is 3. The molecule has 0 amide bonds. The normalized spacial score (nSPS) is 12.3. The van der Waals surface area contributed by atoms with Gasteiger partial charge in [0.15, 0.2) is 11.5 Å². The van der Waals surface area contributed by atoms with E-state index in [-0.39, 0.29) is 0 Å². The van der Waals surface area contributed by atoms with Crippen molar-refractivity contribution in [2.75, 3.05) is 7.11 Å². The zero-order chi connectivity index (χ0) is 12.7. The number of imidazole rings is 1. The molecule has 0 radical (unpaired) electrons. The molecule has 0 N–H and O–H groups in total. The van der Waals surface area contributed by atoms with Crippen LogP contribution < -0.4 is 4.74 Å². The lowest BCUT2D eigenvalue weighted by Crippen LogP contribution is -2.12. The third-order valence-corrected chi connectivity index (χ3v) is 2.91. The van der Waals surface area contributed by atoms with Crippen molar-refractivity contribution in [3.63, 3.8) is 0 Å². The topological polar surface area (TPSA) is 53.4 Å². The van der Waals surface area contributed by atoms with Gasteiger partial charge in [-0.15, -0.1) is 0 Å². The monoisotopic (exact) mass is 244 g/mol. The molecule has 1 aliphatic heterocycles. The van der Waals surface area contributed by atoms with E-state index >= 15 is 0 Å². The van der Waals surface area contributed by atoms with Crippen LogP contribution in [0.2, 0.25) is 0 Å². The number of aromatic nitrogens is 2. The van der Waals surface area contributed by atoms with Gasteiger partial charge in [0.25, 0.3) is 0 Å². The maximum Gasteiger partial charge on any atom is 0.358 e. The number of benzene rings is 1. The summed E-state index contributed by atoms with van der Waals surface area (Å²) in [5, 5.41) is 0. The van der Waals surface area contributed by atoms with E-state index in [1.807, 2.05) is 29.7 Å². The number of rotatable bonds is 1. The smallest absolute Gasteiger partial charge is 0.358 e. The average Bonchev–Trinajstić information content (AvgIpc) is 2.81. The first-order valence-corrected chi connectivity index (χ1v) is 5.59. The number of aryl methyl sites for hydroxylation is 1. The lowest BCUT2D eigenvalue weighted by atomic mass is 10.2. The fourth-order valence-electron chi connectivity index (χ4n) is 2.01. The first-order valence-electron chi connectivity index (χ1n) is 5.59. The van der Waals surface area contributed by atoms with Gasteiger partial charge in [-0.1, -0.05) is 6.07 Å². The highest BCUT2D eigenvalue weighted by atomic mass is 16.5. The average molecular weight is 244 g/mol. The Labute approximate surface area is 104 Å². The van der Waals surface area contributed by atoms with Crippen LogP contribution >= 0.6 is 0 Å². The number of hydrogen-bond acceptors (Lipinski definition) is 4. The highest BCUT2D eigenvalue weighted by Crippen LogP contribution is 2.30. The molecule has 0 bridgehead atoms. The molecule has 0 fully saturated rings. The van der Waals surface area contributed by atoms with Crippen molar-refractivity contribution >= 4 is 5.97 Å². The van der Waals surface area contributed by atoms with Crippen LogP contribution in [-0.4, -0.2) is 22.6 Å². The Kier molecular flexibility index (Phi) is 2.33. The number of nitrogens with zero attached hydrogens (tertiary/aromatic N) is 2. The summed E-state index contributed by atoms with van der Waals surface area (Å²) in [5.74, 6) is 1.06. The second-order valence-electron chi connectivity index (χ2n) is 4.16. The maximum atomic E-state index is 11.5. The third kappa shape index (κ3) is 1.55. The van der Waals surface area contributed by atoms with E-state index in [4.69, 9.17) is 4.74 Å². The van der Waals surface area contributed by atoms with Crippen LogP contribution in [-0.2, 0) is 11.3 Å². The van der Waals surface area contributed by atoms with E-state index < -0.39 is 5.97 Å². The van der Waals surface area contributed by atoms with Gasteiger partial charge in [-0.2, -0.15) is 0 Å². The van der Waals surface area contributed by atoms with Gasteiger partial charge in [0, 0.05) is 6.20 Å². The molecular weight excluding hydrogens is 232 g/mol. The predicted octanol–water partition coefficient (Wildman–Crippen LogP) is 1.86. The van der Waals surface area contributed by atoms with Gasteiger partial charge in [0.05, 0.1) is 12.8 Å². The molecule has 2 aromatic rings. The predicted molar refractivity (Wildman–Crippen MR) is 64.0 cm³/mol. The van der Waals surface area contributed by atoms with Gasteiger partial charge in [0.1, 0.15) is 12.4 Å². The Morgan fingerprint density at radius 2 is 2.33 bits per heavy atom. The van der Waals surface area contributed by atoms with Crippen molar-refractivity contribution in [1.82, 2.24) is 9.55 Å². The van der Waals surface area contributed by atoms with E-state index in [9.17, 15) is 4.79 Å². The van der Waals surface area contributed by atoms with Crippen molar-refractivity contribution in [2.45, 2.75) is 13.5 Å². The highest BCUT2D eigenvalue weighted by Gasteiger charge is 2.21. The summed E-state index contributed by atoms with van der Waals surface area (Å²) in [6.07, 6.45) is 1.68. The molecule has 0 saturated heterocycles. The van der Waals surface area contributed by atoms with E-state index in [0.717, 1.165) is 17.0 Å². The van der Waals surface area contributed by atoms with Crippen LogP contribution in [0.3, 0.4) is 0 Å². The first-order chi connectivity index (χ1) is 8.69. The quantitative estimate of drug-likeness (QED) is 0.718. The summed E-state index contributed by atoms with van der Waals surface area (Å²) in [6.45, 7) is 2.36. The Morgan fingerprint density at radius 3 is 3.11 bits per heavy atom. The van der Waals surface area contributed by atoms with Crippen LogP contribution in [0.5, 0.6) is 5.75 Å². The Bertz CT molecular complexity index is 631. The molecule has 0 atom stereocenters. The molecule has 1 aromatic heterocycles. The number of hydrogen-bond donors (Lipinski definition) is 0. The van der Waals surface area contributed by atoms with Crippen LogP contribution in [0.1, 0.15) is 21.9 Å². The van der Waals surface area contributed by atoms with Gasteiger partial charge in [-0.25, -0.2) is 9.78 Å². The summed E-state index contributed by atoms with van der Waals surface area (Å²) in [4.78, 5) is 15.7. The molecule has 1 aliphatic rings. The van der Waals surface area contributed by atoms with E-state index in [1.165, 1.54) is 7.11 Å². The standard InChI is InChI=1S/C13H12N2O3/c1-8-3-4-10-11(5-8)18-7-12-14-9(6-15(10)12)13(16)17-2/h3-6H,7H2,1-2H3. The van der Waals surface area contributed by atoms with Gasteiger partial charge in [0.2, 0.25) is 0 Å². The SMILES string of the molecule is COC(=O)c1cn2c(n1)COc1cc(C)ccc1-2. The summed E-state index contributed by atoms with van der Waals surface area (Å²) in [7, 11) is 1.34. The van der Waals surface area contributed by atoms with E-state index in [2.05, 4.69) is 9.72 Å². The van der Waals surface area contributed by atoms with Gasteiger partial charge in [-0.05, 0) is 24.6 Å². The molecule has 0 spiro atoms. The number of esters is 1. The summed E-state index contributed by atoms with van der Waals surface area (Å²) < 4.78 is 12.2. The van der Waals surface area contributed by atoms with Gasteiger partial charge in [-0.3, -0.25) is 4.57 Å². The van der Waals surface area contributed by atoms with Crippen molar-refractivity contribution in [3.8, 4) is 11.4 Å². The second-order valence-corrected chi connectivity index (χ2v) is 4.16.